The molecule has 0 fully saturated rings. The van der Waals surface area contributed by atoms with Gasteiger partial charge in [-0.05, 0) is 54.7 Å². The van der Waals surface area contributed by atoms with Crippen LogP contribution in [0.15, 0.2) is 30.0 Å². The number of hydrogen-bond acceptors (Lipinski definition) is 1. The van der Waals surface area contributed by atoms with Crippen molar-refractivity contribution in [3.05, 3.63) is 58.6 Å². The molecule has 0 radical (unpaired) electrons. The number of ether oxygens (including phenoxy) is 1. The summed E-state index contributed by atoms with van der Waals surface area (Å²) in [6.45, 7) is 4.06. The normalized spacial score (nSPS) is 17.1. The van der Waals surface area contributed by atoms with Gasteiger partial charge in [0, 0.05) is 5.56 Å². The van der Waals surface area contributed by atoms with Crippen LogP contribution in [0.1, 0.15) is 76.0 Å². The standard InChI is InChI=1S/C23H27F3O/c1-3-5-6-8-15-9-12-19(27-14-15)18-11-10-16-13-17(7-4-2)21(24)23(26)20(16)22(18)25/h10-11,13-14,19H,3-9,12H2,1-2H3. The minimum Gasteiger partial charge on any atom is -0.493 e. The predicted molar refractivity (Wildman–Crippen MR) is 103 cm³/mol. The van der Waals surface area contributed by atoms with Gasteiger partial charge in [-0.2, -0.15) is 0 Å². The first-order valence-electron chi connectivity index (χ1n) is 9.99. The summed E-state index contributed by atoms with van der Waals surface area (Å²) in [4.78, 5) is 0. The molecule has 0 saturated heterocycles. The smallest absolute Gasteiger partial charge is 0.169 e. The Hall–Kier alpha value is -1.97. The summed E-state index contributed by atoms with van der Waals surface area (Å²) >= 11 is 0. The lowest BCUT2D eigenvalue weighted by atomic mass is 9.93. The van der Waals surface area contributed by atoms with E-state index in [1.54, 1.807) is 24.5 Å². The summed E-state index contributed by atoms with van der Waals surface area (Å²) in [6, 6.07) is 4.86. The molecule has 1 unspecified atom stereocenters. The zero-order valence-electron chi connectivity index (χ0n) is 16.1. The van der Waals surface area contributed by atoms with Crippen molar-refractivity contribution in [2.45, 2.75) is 71.3 Å². The number of benzene rings is 2. The highest BCUT2D eigenvalue weighted by Crippen LogP contribution is 2.36. The molecule has 1 heterocycles. The van der Waals surface area contributed by atoms with Crippen molar-refractivity contribution in [2.24, 2.45) is 0 Å². The Morgan fingerprint density at radius 1 is 0.963 bits per heavy atom. The van der Waals surface area contributed by atoms with Crippen molar-refractivity contribution in [2.75, 3.05) is 0 Å². The minimum atomic E-state index is -1.10. The minimum absolute atomic E-state index is 0.272. The van der Waals surface area contributed by atoms with Gasteiger partial charge < -0.3 is 4.74 Å². The van der Waals surface area contributed by atoms with E-state index in [1.165, 1.54) is 18.4 Å². The van der Waals surface area contributed by atoms with Crippen LogP contribution >= 0.6 is 0 Å². The van der Waals surface area contributed by atoms with Gasteiger partial charge >= 0.3 is 0 Å². The van der Waals surface area contributed by atoms with Gasteiger partial charge in [-0.3, -0.25) is 0 Å². The first-order chi connectivity index (χ1) is 13.1. The molecule has 1 atom stereocenters. The maximum atomic E-state index is 15.1. The van der Waals surface area contributed by atoms with Crippen LogP contribution in [0.5, 0.6) is 0 Å². The zero-order chi connectivity index (χ0) is 19.4. The largest absolute Gasteiger partial charge is 0.493 e. The fourth-order valence-electron chi connectivity index (χ4n) is 3.79. The first kappa shape index (κ1) is 19.8. The van der Waals surface area contributed by atoms with Crippen LogP contribution in [0, 0.1) is 17.5 Å². The summed E-state index contributed by atoms with van der Waals surface area (Å²) in [5, 5.41) is 0.122. The molecule has 4 heteroatoms. The Bertz CT molecular complexity index is 841. The Labute approximate surface area is 159 Å². The van der Waals surface area contributed by atoms with Crippen molar-refractivity contribution in [3.63, 3.8) is 0 Å². The van der Waals surface area contributed by atoms with E-state index >= 15 is 4.39 Å². The molecule has 1 nitrogen and oxygen atoms in total. The van der Waals surface area contributed by atoms with E-state index < -0.39 is 23.6 Å². The van der Waals surface area contributed by atoms with Gasteiger partial charge in [-0.15, -0.1) is 0 Å². The molecular formula is C23H27F3O. The van der Waals surface area contributed by atoms with E-state index in [1.807, 2.05) is 6.92 Å². The fourth-order valence-corrected chi connectivity index (χ4v) is 3.79. The van der Waals surface area contributed by atoms with E-state index in [-0.39, 0.29) is 5.39 Å². The Morgan fingerprint density at radius 3 is 2.44 bits per heavy atom. The van der Waals surface area contributed by atoms with Gasteiger partial charge in [0.05, 0.1) is 11.6 Å². The molecule has 1 aliphatic rings. The van der Waals surface area contributed by atoms with E-state index in [0.717, 1.165) is 19.3 Å². The lowest BCUT2D eigenvalue weighted by molar-refractivity contribution is 0.116. The number of hydrogen-bond donors (Lipinski definition) is 0. The van der Waals surface area contributed by atoms with Gasteiger partial charge in [-0.1, -0.05) is 45.2 Å². The third-order valence-corrected chi connectivity index (χ3v) is 5.32. The first-order valence-corrected chi connectivity index (χ1v) is 9.99. The fraction of sp³-hybridized carbons (Fsp3) is 0.478. The predicted octanol–water partition coefficient (Wildman–Crippen LogP) is 7.53. The molecule has 0 amide bonds. The molecule has 27 heavy (non-hydrogen) atoms. The number of allylic oxidation sites excluding steroid dienone is 1. The lowest BCUT2D eigenvalue weighted by Crippen LogP contribution is -2.10. The highest BCUT2D eigenvalue weighted by Gasteiger charge is 2.24. The Balaban J connectivity index is 1.87. The van der Waals surface area contributed by atoms with Crippen LogP contribution in [0.4, 0.5) is 13.2 Å². The summed E-state index contributed by atoms with van der Waals surface area (Å²) < 4.78 is 49.6. The van der Waals surface area contributed by atoms with Gasteiger partial charge in [0.15, 0.2) is 11.6 Å². The number of aryl methyl sites for hydroxylation is 1. The maximum Gasteiger partial charge on any atom is 0.169 e. The van der Waals surface area contributed by atoms with Crippen LogP contribution < -0.4 is 0 Å². The van der Waals surface area contributed by atoms with Crippen LogP contribution in [-0.2, 0) is 11.2 Å². The molecule has 146 valence electrons. The Morgan fingerprint density at radius 2 is 1.78 bits per heavy atom. The summed E-state index contributed by atoms with van der Waals surface area (Å²) in [6.07, 6.45) is 8.39. The molecule has 1 aliphatic heterocycles. The second-order valence-corrected chi connectivity index (χ2v) is 7.38. The van der Waals surface area contributed by atoms with Gasteiger partial charge in [-0.25, -0.2) is 13.2 Å². The molecule has 0 aliphatic carbocycles. The lowest BCUT2D eigenvalue weighted by Gasteiger charge is -2.24. The van der Waals surface area contributed by atoms with Crippen LogP contribution in [0.2, 0.25) is 0 Å². The Kier molecular flexibility index (Phi) is 6.46. The summed E-state index contributed by atoms with van der Waals surface area (Å²) in [5.74, 6) is -2.75. The molecule has 2 aromatic rings. The van der Waals surface area contributed by atoms with E-state index in [4.69, 9.17) is 4.74 Å². The zero-order valence-corrected chi connectivity index (χ0v) is 16.1. The summed E-state index contributed by atoms with van der Waals surface area (Å²) in [7, 11) is 0. The van der Waals surface area contributed by atoms with Crippen molar-refractivity contribution >= 4 is 10.8 Å². The van der Waals surface area contributed by atoms with Crippen molar-refractivity contribution in [1.82, 2.24) is 0 Å². The molecule has 0 spiro atoms. The molecule has 0 aromatic heterocycles. The quantitative estimate of drug-likeness (QED) is 0.454. The third kappa shape index (κ3) is 4.15. The number of fused-ring (bicyclic) bond motifs is 1. The van der Waals surface area contributed by atoms with Crippen molar-refractivity contribution < 1.29 is 17.9 Å². The van der Waals surface area contributed by atoms with Gasteiger partial charge in [0.25, 0.3) is 0 Å². The molecule has 0 saturated carbocycles. The number of unbranched alkanes of at least 4 members (excludes halogenated alkanes) is 2. The summed E-state index contributed by atoms with van der Waals surface area (Å²) in [5.41, 5.74) is 1.83. The number of rotatable bonds is 7. The van der Waals surface area contributed by atoms with Crippen LogP contribution in [0.25, 0.3) is 10.8 Å². The molecule has 3 rings (SSSR count). The number of halogens is 3. The van der Waals surface area contributed by atoms with Gasteiger partial charge in [0.1, 0.15) is 11.9 Å². The third-order valence-electron chi connectivity index (χ3n) is 5.32. The van der Waals surface area contributed by atoms with E-state index in [0.29, 0.717) is 35.8 Å². The molecule has 2 aromatic carbocycles. The second kappa shape index (κ2) is 8.81. The molecule has 0 bridgehead atoms. The average molecular weight is 376 g/mol. The van der Waals surface area contributed by atoms with Crippen LogP contribution in [-0.4, -0.2) is 0 Å². The molecular weight excluding hydrogens is 349 g/mol. The highest BCUT2D eigenvalue weighted by atomic mass is 19.2. The van der Waals surface area contributed by atoms with E-state index in [9.17, 15) is 8.78 Å². The monoisotopic (exact) mass is 376 g/mol. The maximum absolute atomic E-state index is 15.1. The van der Waals surface area contributed by atoms with Crippen LogP contribution in [0.3, 0.4) is 0 Å². The van der Waals surface area contributed by atoms with Crippen molar-refractivity contribution in [3.8, 4) is 0 Å². The van der Waals surface area contributed by atoms with E-state index in [2.05, 4.69) is 6.92 Å². The SMILES string of the molecule is CCCCCC1=COC(c2ccc3cc(CCC)c(F)c(F)c3c2F)CC1. The van der Waals surface area contributed by atoms with Gasteiger partial charge in [0.2, 0.25) is 0 Å². The molecule has 0 N–H and O–H groups in total. The highest BCUT2D eigenvalue weighted by molar-refractivity contribution is 5.85. The van der Waals surface area contributed by atoms with Crippen molar-refractivity contribution in [1.29, 1.82) is 0 Å². The topological polar surface area (TPSA) is 9.23 Å². The second-order valence-electron chi connectivity index (χ2n) is 7.38. The average Bonchev–Trinajstić information content (AvgIpc) is 2.67.